The lowest BCUT2D eigenvalue weighted by atomic mass is 10.2. The van der Waals surface area contributed by atoms with E-state index >= 15 is 0 Å². The fraction of sp³-hybridized carbons (Fsp3) is 0.700. The summed E-state index contributed by atoms with van der Waals surface area (Å²) < 4.78 is 11.4. The number of likely N-dealkylation sites (tertiary alicyclic amines) is 2. The van der Waals surface area contributed by atoms with Crippen LogP contribution in [0, 0.1) is 0 Å². The monoisotopic (exact) mass is 405 g/mol. The molecule has 0 N–H and O–H groups in total. The number of carbonyl (C=O) groups excluding carboxylic acids is 2. The van der Waals surface area contributed by atoms with Gasteiger partial charge in [-0.3, -0.25) is 9.69 Å². The first-order valence-electron chi connectivity index (χ1n) is 10.1. The zero-order valence-electron chi connectivity index (χ0n) is 17.9. The van der Waals surface area contributed by atoms with Crippen LogP contribution >= 0.6 is 0 Å². The third-order valence-electron chi connectivity index (χ3n) is 4.99. The van der Waals surface area contributed by atoms with Crippen LogP contribution in [0.15, 0.2) is 12.1 Å². The number of carbonyl (C=O) groups is 2. The van der Waals surface area contributed by atoms with E-state index in [1.807, 2.05) is 45.8 Å². The van der Waals surface area contributed by atoms with E-state index in [1.165, 1.54) is 0 Å². The van der Waals surface area contributed by atoms with Crippen LogP contribution in [0.4, 0.5) is 10.6 Å². The van der Waals surface area contributed by atoms with Gasteiger partial charge in [0.25, 0.3) is 0 Å². The molecule has 9 nitrogen and oxygen atoms in total. The van der Waals surface area contributed by atoms with Crippen LogP contribution in [-0.4, -0.2) is 83.5 Å². The molecule has 0 radical (unpaired) electrons. The maximum absolute atomic E-state index is 13.0. The second-order valence-corrected chi connectivity index (χ2v) is 8.77. The molecule has 29 heavy (non-hydrogen) atoms. The van der Waals surface area contributed by atoms with E-state index in [2.05, 4.69) is 10.2 Å². The normalized spacial score (nSPS) is 22.0. The molecule has 2 atom stereocenters. The van der Waals surface area contributed by atoms with Crippen LogP contribution in [-0.2, 0) is 9.53 Å². The molecule has 160 valence electrons. The highest BCUT2D eigenvalue weighted by molar-refractivity contribution is 5.86. The minimum absolute atomic E-state index is 0.0338. The maximum atomic E-state index is 13.0. The average molecular weight is 405 g/mol. The molecule has 2 saturated heterocycles. The Labute approximate surface area is 171 Å². The highest BCUT2D eigenvalue weighted by Crippen LogP contribution is 2.25. The first-order valence-corrected chi connectivity index (χ1v) is 10.1. The molecular weight excluding hydrogens is 374 g/mol. The quantitative estimate of drug-likeness (QED) is 0.756. The fourth-order valence-electron chi connectivity index (χ4n) is 3.58. The molecular formula is C20H31N5O4. The largest absolute Gasteiger partial charge is 0.471 e. The number of hydrogen-bond acceptors (Lipinski definition) is 7. The summed E-state index contributed by atoms with van der Waals surface area (Å²) in [5, 5.41) is 8.20. The average Bonchev–Trinajstić information content (AvgIpc) is 3.29. The van der Waals surface area contributed by atoms with E-state index in [-0.39, 0.29) is 12.0 Å². The van der Waals surface area contributed by atoms with Crippen molar-refractivity contribution in [1.82, 2.24) is 20.0 Å². The van der Waals surface area contributed by atoms with Crippen LogP contribution < -0.4 is 9.64 Å². The molecule has 0 bridgehead atoms. The third-order valence-corrected chi connectivity index (χ3v) is 4.99. The lowest BCUT2D eigenvalue weighted by Gasteiger charge is -2.30. The SMILES string of the molecule is CN(C)c1ccc(OC2CCN(C(=O)C3CCCN3C(=O)OC(C)(C)C)C2)nn1. The zero-order valence-corrected chi connectivity index (χ0v) is 17.9. The van der Waals surface area contributed by atoms with Crippen molar-refractivity contribution in [2.75, 3.05) is 38.6 Å². The third kappa shape index (κ3) is 5.27. The van der Waals surface area contributed by atoms with Crippen LogP contribution in [0.5, 0.6) is 5.88 Å². The Morgan fingerprint density at radius 2 is 1.90 bits per heavy atom. The molecule has 0 aromatic carbocycles. The predicted octanol–water partition coefficient (Wildman–Crippen LogP) is 1.92. The molecule has 3 heterocycles. The van der Waals surface area contributed by atoms with Crippen molar-refractivity contribution < 1.29 is 19.1 Å². The number of anilines is 1. The van der Waals surface area contributed by atoms with Gasteiger partial charge in [-0.2, -0.15) is 0 Å². The summed E-state index contributed by atoms with van der Waals surface area (Å²) >= 11 is 0. The van der Waals surface area contributed by atoms with Crippen molar-refractivity contribution in [3.8, 4) is 5.88 Å². The molecule has 2 amide bonds. The van der Waals surface area contributed by atoms with Crippen molar-refractivity contribution in [2.24, 2.45) is 0 Å². The summed E-state index contributed by atoms with van der Waals surface area (Å²) in [6.45, 7) is 7.11. The summed E-state index contributed by atoms with van der Waals surface area (Å²) in [5.74, 6) is 1.17. The maximum Gasteiger partial charge on any atom is 0.410 e. The number of hydrogen-bond donors (Lipinski definition) is 0. The molecule has 1 aromatic rings. The van der Waals surface area contributed by atoms with Gasteiger partial charge in [-0.15, -0.1) is 10.2 Å². The van der Waals surface area contributed by atoms with Crippen LogP contribution in [0.3, 0.4) is 0 Å². The Morgan fingerprint density at radius 1 is 1.14 bits per heavy atom. The second kappa shape index (κ2) is 8.42. The van der Waals surface area contributed by atoms with Gasteiger partial charge in [0.1, 0.15) is 17.7 Å². The lowest BCUT2D eigenvalue weighted by Crippen LogP contribution is -2.48. The summed E-state index contributed by atoms with van der Waals surface area (Å²) in [7, 11) is 3.79. The van der Waals surface area contributed by atoms with Crippen LogP contribution in [0.25, 0.3) is 0 Å². The van der Waals surface area contributed by atoms with E-state index in [9.17, 15) is 9.59 Å². The predicted molar refractivity (Wildman–Crippen MR) is 108 cm³/mol. The summed E-state index contributed by atoms with van der Waals surface area (Å²) in [5.41, 5.74) is -0.580. The molecule has 0 saturated carbocycles. The Hall–Kier alpha value is -2.58. The smallest absolute Gasteiger partial charge is 0.410 e. The minimum atomic E-state index is -0.580. The van der Waals surface area contributed by atoms with Gasteiger partial charge in [0, 0.05) is 39.7 Å². The molecule has 2 aliphatic heterocycles. The van der Waals surface area contributed by atoms with Gasteiger partial charge in [0.15, 0.2) is 5.82 Å². The van der Waals surface area contributed by atoms with Gasteiger partial charge in [-0.25, -0.2) is 4.79 Å². The molecule has 9 heteroatoms. The lowest BCUT2D eigenvalue weighted by molar-refractivity contribution is -0.135. The van der Waals surface area contributed by atoms with Crippen molar-refractivity contribution in [2.45, 2.75) is 57.8 Å². The van der Waals surface area contributed by atoms with E-state index in [0.29, 0.717) is 31.9 Å². The van der Waals surface area contributed by atoms with Gasteiger partial charge in [0.05, 0.1) is 6.54 Å². The van der Waals surface area contributed by atoms with Crippen molar-refractivity contribution in [3.63, 3.8) is 0 Å². The van der Waals surface area contributed by atoms with E-state index in [1.54, 1.807) is 15.9 Å². The number of amides is 2. The number of nitrogens with zero attached hydrogens (tertiary/aromatic N) is 5. The molecule has 0 aliphatic carbocycles. The number of rotatable bonds is 4. The summed E-state index contributed by atoms with van der Waals surface area (Å²) in [6, 6.07) is 3.17. The Balaban J connectivity index is 1.56. The van der Waals surface area contributed by atoms with Gasteiger partial charge in [-0.1, -0.05) is 0 Å². The molecule has 0 spiro atoms. The van der Waals surface area contributed by atoms with Crippen molar-refractivity contribution in [3.05, 3.63) is 12.1 Å². The van der Waals surface area contributed by atoms with Crippen molar-refractivity contribution >= 4 is 17.8 Å². The van der Waals surface area contributed by atoms with Crippen LogP contribution in [0.2, 0.25) is 0 Å². The molecule has 2 aliphatic rings. The highest BCUT2D eigenvalue weighted by atomic mass is 16.6. The van der Waals surface area contributed by atoms with Crippen molar-refractivity contribution in [1.29, 1.82) is 0 Å². The Bertz CT molecular complexity index is 731. The summed E-state index contributed by atoms with van der Waals surface area (Å²) in [4.78, 5) is 30.7. The minimum Gasteiger partial charge on any atom is -0.471 e. The van der Waals surface area contributed by atoms with Gasteiger partial charge >= 0.3 is 6.09 Å². The fourth-order valence-corrected chi connectivity index (χ4v) is 3.58. The molecule has 3 rings (SSSR count). The molecule has 1 aromatic heterocycles. The van der Waals surface area contributed by atoms with E-state index in [4.69, 9.17) is 9.47 Å². The van der Waals surface area contributed by atoms with Gasteiger partial charge in [-0.05, 0) is 39.7 Å². The number of ether oxygens (including phenoxy) is 2. The number of aromatic nitrogens is 2. The molecule has 2 unspecified atom stereocenters. The summed E-state index contributed by atoms with van der Waals surface area (Å²) in [6.07, 6.45) is 1.64. The Kier molecular flexibility index (Phi) is 6.14. The first-order chi connectivity index (χ1) is 13.6. The van der Waals surface area contributed by atoms with Gasteiger partial charge in [0.2, 0.25) is 11.8 Å². The highest BCUT2D eigenvalue weighted by Gasteiger charge is 2.40. The Morgan fingerprint density at radius 3 is 2.52 bits per heavy atom. The topological polar surface area (TPSA) is 88.1 Å². The van der Waals surface area contributed by atoms with E-state index < -0.39 is 17.7 Å². The zero-order chi connectivity index (χ0) is 21.2. The first kappa shape index (κ1) is 21.1. The van der Waals surface area contributed by atoms with Gasteiger partial charge < -0.3 is 19.3 Å². The van der Waals surface area contributed by atoms with E-state index in [0.717, 1.165) is 18.7 Å². The standard InChI is InChI=1S/C20H31N5O4/c1-20(2,3)29-19(27)25-11-6-7-15(25)18(26)24-12-10-14(13-24)28-17-9-8-16(21-22-17)23(4)5/h8-9,14-15H,6-7,10-13H2,1-5H3. The second-order valence-electron chi connectivity index (χ2n) is 8.77. The van der Waals surface area contributed by atoms with Crippen LogP contribution in [0.1, 0.15) is 40.0 Å². The molecule has 2 fully saturated rings.